The summed E-state index contributed by atoms with van der Waals surface area (Å²) in [4.78, 5) is 13.1. The van der Waals surface area contributed by atoms with E-state index in [0.29, 0.717) is 6.61 Å². The monoisotopic (exact) mass is 262 g/mol. The molecule has 2 rings (SSSR count). The topological polar surface area (TPSA) is 55.6 Å². The third kappa shape index (κ3) is 4.24. The molecular weight excluding hydrogens is 240 g/mol. The van der Waals surface area contributed by atoms with Crippen LogP contribution in [0.1, 0.15) is 25.3 Å². The molecule has 0 atom stereocenters. The second kappa shape index (κ2) is 6.06. The van der Waals surface area contributed by atoms with Crippen molar-refractivity contribution in [1.29, 1.82) is 0 Å². The maximum absolute atomic E-state index is 10.7. The van der Waals surface area contributed by atoms with Crippen LogP contribution in [0.3, 0.4) is 0 Å². The standard InChI is InChI=1S/C15H22N2O2/c1-15(12-19-14(16)18)7-9-17(10-8-15)11-13-5-3-2-4-6-13/h2-6H,7-12H2,1H3,(H2,16,18). The minimum Gasteiger partial charge on any atom is -0.449 e. The van der Waals surface area contributed by atoms with Gasteiger partial charge in [0.25, 0.3) is 0 Å². The van der Waals surface area contributed by atoms with Gasteiger partial charge in [0, 0.05) is 12.0 Å². The van der Waals surface area contributed by atoms with E-state index in [1.54, 1.807) is 0 Å². The molecule has 104 valence electrons. The number of benzene rings is 1. The van der Waals surface area contributed by atoms with Crippen LogP contribution in [0.25, 0.3) is 0 Å². The van der Waals surface area contributed by atoms with Gasteiger partial charge in [0.15, 0.2) is 0 Å². The van der Waals surface area contributed by atoms with Crippen LogP contribution in [0.15, 0.2) is 30.3 Å². The first-order valence-corrected chi connectivity index (χ1v) is 6.76. The van der Waals surface area contributed by atoms with E-state index in [9.17, 15) is 4.79 Å². The molecule has 0 saturated carbocycles. The number of piperidine rings is 1. The Morgan fingerprint density at radius 2 is 1.95 bits per heavy atom. The van der Waals surface area contributed by atoms with Crippen molar-refractivity contribution in [1.82, 2.24) is 4.90 Å². The van der Waals surface area contributed by atoms with Crippen molar-refractivity contribution >= 4 is 6.09 Å². The summed E-state index contributed by atoms with van der Waals surface area (Å²) in [6.45, 7) is 5.66. The van der Waals surface area contributed by atoms with Gasteiger partial charge in [-0.3, -0.25) is 4.90 Å². The van der Waals surface area contributed by atoms with Crippen molar-refractivity contribution in [2.45, 2.75) is 26.3 Å². The van der Waals surface area contributed by atoms with Gasteiger partial charge in [-0.25, -0.2) is 4.79 Å². The van der Waals surface area contributed by atoms with Crippen LogP contribution in [-0.2, 0) is 11.3 Å². The Morgan fingerprint density at radius 1 is 1.32 bits per heavy atom. The average Bonchev–Trinajstić information content (AvgIpc) is 2.41. The van der Waals surface area contributed by atoms with E-state index >= 15 is 0 Å². The van der Waals surface area contributed by atoms with Gasteiger partial charge in [-0.05, 0) is 31.5 Å². The Labute approximate surface area is 114 Å². The van der Waals surface area contributed by atoms with Crippen LogP contribution in [0.2, 0.25) is 0 Å². The summed E-state index contributed by atoms with van der Waals surface area (Å²) in [7, 11) is 0. The fourth-order valence-corrected chi connectivity index (χ4v) is 2.48. The first-order chi connectivity index (χ1) is 9.07. The summed E-state index contributed by atoms with van der Waals surface area (Å²) in [5.74, 6) is 0. The molecule has 0 aromatic heterocycles. The number of rotatable bonds is 4. The van der Waals surface area contributed by atoms with Gasteiger partial charge in [0.05, 0.1) is 6.61 Å². The summed E-state index contributed by atoms with van der Waals surface area (Å²) in [5.41, 5.74) is 6.44. The molecule has 1 aliphatic heterocycles. The number of hydrogen-bond donors (Lipinski definition) is 1. The van der Waals surface area contributed by atoms with Crippen LogP contribution in [0.5, 0.6) is 0 Å². The molecule has 0 unspecified atom stereocenters. The molecule has 0 radical (unpaired) electrons. The number of primary amides is 1. The Kier molecular flexibility index (Phi) is 4.43. The van der Waals surface area contributed by atoms with Gasteiger partial charge in [-0.2, -0.15) is 0 Å². The van der Waals surface area contributed by atoms with Crippen molar-refractivity contribution in [3.63, 3.8) is 0 Å². The summed E-state index contributed by atoms with van der Waals surface area (Å²) in [6.07, 6.45) is 1.40. The number of likely N-dealkylation sites (tertiary alicyclic amines) is 1. The largest absolute Gasteiger partial charge is 0.449 e. The molecule has 0 aliphatic carbocycles. The van der Waals surface area contributed by atoms with Gasteiger partial charge in [-0.15, -0.1) is 0 Å². The second-order valence-corrected chi connectivity index (χ2v) is 5.68. The third-order valence-electron chi connectivity index (χ3n) is 3.88. The maximum atomic E-state index is 10.7. The highest BCUT2D eigenvalue weighted by Gasteiger charge is 2.31. The van der Waals surface area contributed by atoms with Crippen LogP contribution in [-0.4, -0.2) is 30.7 Å². The Hall–Kier alpha value is -1.55. The normalized spacial score (nSPS) is 19.0. The minimum atomic E-state index is -0.673. The lowest BCUT2D eigenvalue weighted by atomic mass is 9.81. The van der Waals surface area contributed by atoms with E-state index in [4.69, 9.17) is 10.5 Å². The van der Waals surface area contributed by atoms with E-state index in [1.807, 2.05) is 6.07 Å². The van der Waals surface area contributed by atoms with Crippen molar-refractivity contribution < 1.29 is 9.53 Å². The number of amides is 1. The number of hydrogen-bond acceptors (Lipinski definition) is 3. The van der Waals surface area contributed by atoms with Crippen molar-refractivity contribution in [3.8, 4) is 0 Å². The van der Waals surface area contributed by atoms with E-state index in [0.717, 1.165) is 32.5 Å². The van der Waals surface area contributed by atoms with Crippen molar-refractivity contribution in [3.05, 3.63) is 35.9 Å². The van der Waals surface area contributed by atoms with Gasteiger partial charge in [0.2, 0.25) is 0 Å². The molecule has 19 heavy (non-hydrogen) atoms. The molecule has 1 saturated heterocycles. The zero-order valence-corrected chi connectivity index (χ0v) is 11.5. The van der Waals surface area contributed by atoms with Gasteiger partial charge in [-0.1, -0.05) is 37.3 Å². The Bertz CT molecular complexity index is 411. The summed E-state index contributed by atoms with van der Waals surface area (Å²) < 4.78 is 4.96. The lowest BCUT2D eigenvalue weighted by Gasteiger charge is -2.38. The molecule has 1 aromatic carbocycles. The van der Waals surface area contributed by atoms with Crippen LogP contribution in [0, 0.1) is 5.41 Å². The molecule has 2 N–H and O–H groups in total. The van der Waals surface area contributed by atoms with Crippen LogP contribution < -0.4 is 5.73 Å². The number of nitrogens with two attached hydrogens (primary N) is 1. The SMILES string of the molecule is CC1(COC(N)=O)CCN(Cc2ccccc2)CC1. The quantitative estimate of drug-likeness (QED) is 0.906. The molecule has 1 amide bonds. The number of nitrogens with zero attached hydrogens (tertiary/aromatic N) is 1. The molecule has 1 fully saturated rings. The van der Waals surface area contributed by atoms with Gasteiger partial charge in [0.1, 0.15) is 0 Å². The smallest absolute Gasteiger partial charge is 0.404 e. The minimum absolute atomic E-state index is 0.0716. The lowest BCUT2D eigenvalue weighted by Crippen LogP contribution is -2.41. The Morgan fingerprint density at radius 3 is 2.53 bits per heavy atom. The molecular formula is C15H22N2O2. The summed E-state index contributed by atoms with van der Waals surface area (Å²) in [5, 5.41) is 0. The molecule has 4 heteroatoms. The van der Waals surface area contributed by atoms with Crippen LogP contribution >= 0.6 is 0 Å². The average molecular weight is 262 g/mol. The predicted molar refractivity (Wildman–Crippen MR) is 74.6 cm³/mol. The van der Waals surface area contributed by atoms with Crippen molar-refractivity contribution in [2.24, 2.45) is 11.1 Å². The van der Waals surface area contributed by atoms with E-state index in [-0.39, 0.29) is 5.41 Å². The number of carbonyl (C=O) groups is 1. The van der Waals surface area contributed by atoms with Gasteiger partial charge >= 0.3 is 6.09 Å². The summed E-state index contributed by atoms with van der Waals surface area (Å²) >= 11 is 0. The Balaban J connectivity index is 1.80. The van der Waals surface area contributed by atoms with E-state index in [1.165, 1.54) is 5.56 Å². The first kappa shape index (κ1) is 13.9. The highest BCUT2D eigenvalue weighted by atomic mass is 16.5. The third-order valence-corrected chi connectivity index (χ3v) is 3.88. The van der Waals surface area contributed by atoms with Crippen molar-refractivity contribution in [2.75, 3.05) is 19.7 Å². The fraction of sp³-hybridized carbons (Fsp3) is 0.533. The first-order valence-electron chi connectivity index (χ1n) is 6.76. The highest BCUT2D eigenvalue weighted by Crippen LogP contribution is 2.31. The predicted octanol–water partition coefficient (Wildman–Crippen LogP) is 2.38. The second-order valence-electron chi connectivity index (χ2n) is 5.68. The lowest BCUT2D eigenvalue weighted by molar-refractivity contribution is 0.0427. The molecule has 1 aliphatic rings. The molecule has 1 heterocycles. The van der Waals surface area contributed by atoms with E-state index in [2.05, 4.69) is 36.1 Å². The van der Waals surface area contributed by atoms with Gasteiger partial charge < -0.3 is 10.5 Å². The number of ether oxygens (including phenoxy) is 1. The molecule has 1 aromatic rings. The fourth-order valence-electron chi connectivity index (χ4n) is 2.48. The zero-order valence-electron chi connectivity index (χ0n) is 11.5. The van der Waals surface area contributed by atoms with Crippen LogP contribution in [0.4, 0.5) is 4.79 Å². The highest BCUT2D eigenvalue weighted by molar-refractivity contribution is 5.64. The molecule has 0 spiro atoms. The summed E-state index contributed by atoms with van der Waals surface area (Å²) in [6, 6.07) is 10.5. The molecule has 4 nitrogen and oxygen atoms in total. The zero-order chi connectivity index (χ0) is 13.7. The maximum Gasteiger partial charge on any atom is 0.404 e. The number of carbonyl (C=O) groups excluding carboxylic acids is 1. The molecule has 0 bridgehead atoms. The van der Waals surface area contributed by atoms with E-state index < -0.39 is 6.09 Å².